The fourth-order valence-corrected chi connectivity index (χ4v) is 5.83. The molecule has 2 saturated heterocycles. The maximum absolute atomic E-state index is 13.5. The van der Waals surface area contributed by atoms with Crippen molar-refractivity contribution >= 4 is 32.3 Å². The molecule has 5 rings (SSSR count). The molecule has 0 amide bonds. The average molecular weight is 411 g/mol. The van der Waals surface area contributed by atoms with Gasteiger partial charge in [0.1, 0.15) is 0 Å². The van der Waals surface area contributed by atoms with E-state index >= 15 is 0 Å². The third-order valence-corrected chi connectivity index (χ3v) is 7.66. The van der Waals surface area contributed by atoms with E-state index < -0.39 is 10.0 Å². The zero-order valence-electron chi connectivity index (χ0n) is 16.4. The van der Waals surface area contributed by atoms with E-state index in [1.54, 1.807) is 12.3 Å². The van der Waals surface area contributed by atoms with E-state index in [0.717, 1.165) is 74.4 Å². The molecule has 0 saturated carbocycles. The van der Waals surface area contributed by atoms with Crippen molar-refractivity contribution in [2.45, 2.75) is 17.7 Å². The monoisotopic (exact) mass is 410 g/mol. The molecule has 7 heteroatoms. The van der Waals surface area contributed by atoms with E-state index in [-0.39, 0.29) is 0 Å². The van der Waals surface area contributed by atoms with E-state index in [0.29, 0.717) is 4.90 Å². The molecule has 0 spiro atoms. The van der Waals surface area contributed by atoms with E-state index in [1.807, 2.05) is 36.4 Å². The molecule has 6 nitrogen and oxygen atoms in total. The van der Waals surface area contributed by atoms with Crippen molar-refractivity contribution in [3.05, 3.63) is 54.7 Å². The molecule has 0 bridgehead atoms. The molecule has 3 aromatic rings. The van der Waals surface area contributed by atoms with Crippen LogP contribution < -0.4 is 15.1 Å². The van der Waals surface area contributed by atoms with Gasteiger partial charge in [0, 0.05) is 62.2 Å². The lowest BCUT2D eigenvalue weighted by Crippen LogP contribution is -2.43. The number of fused-ring (bicyclic) bond motifs is 1. The second kappa shape index (κ2) is 7.39. The van der Waals surface area contributed by atoms with Crippen LogP contribution >= 0.6 is 0 Å². The Labute approximate surface area is 171 Å². The van der Waals surface area contributed by atoms with Gasteiger partial charge in [0.15, 0.2) is 0 Å². The fraction of sp³-hybridized carbons (Fsp3) is 0.364. The molecule has 152 valence electrons. The topological polar surface area (TPSA) is 57.6 Å². The average Bonchev–Trinajstić information content (AvgIpc) is 3.45. The first-order chi connectivity index (χ1) is 14.1. The minimum Gasteiger partial charge on any atom is -0.371 e. The predicted molar refractivity (Wildman–Crippen MR) is 117 cm³/mol. The van der Waals surface area contributed by atoms with Crippen molar-refractivity contribution in [2.24, 2.45) is 0 Å². The Morgan fingerprint density at radius 3 is 2.38 bits per heavy atom. The summed E-state index contributed by atoms with van der Waals surface area (Å²) >= 11 is 0. The Kier molecular flexibility index (Phi) is 4.72. The van der Waals surface area contributed by atoms with E-state index in [2.05, 4.69) is 21.2 Å². The van der Waals surface area contributed by atoms with Crippen LogP contribution in [0.3, 0.4) is 0 Å². The second-order valence-electron chi connectivity index (χ2n) is 7.76. The summed E-state index contributed by atoms with van der Waals surface area (Å²) in [5.74, 6) is 0. The maximum atomic E-state index is 13.5. The first-order valence-corrected chi connectivity index (χ1v) is 11.7. The zero-order valence-corrected chi connectivity index (χ0v) is 17.2. The Hall–Kier alpha value is -2.51. The smallest absolute Gasteiger partial charge is 0.268 e. The van der Waals surface area contributed by atoms with Gasteiger partial charge < -0.3 is 15.1 Å². The van der Waals surface area contributed by atoms with Gasteiger partial charge in [-0.1, -0.05) is 12.1 Å². The highest BCUT2D eigenvalue weighted by atomic mass is 32.2. The number of benzene rings is 2. The first-order valence-electron chi connectivity index (χ1n) is 10.3. The molecule has 3 heterocycles. The lowest BCUT2D eigenvalue weighted by molar-refractivity contribution is 0.588. The quantitative estimate of drug-likeness (QED) is 0.717. The lowest BCUT2D eigenvalue weighted by atomic mass is 10.2. The molecule has 2 aromatic carbocycles. The Bertz CT molecular complexity index is 1130. The molecule has 2 aliphatic rings. The van der Waals surface area contributed by atoms with Crippen molar-refractivity contribution in [1.29, 1.82) is 0 Å². The minimum absolute atomic E-state index is 0.340. The molecule has 0 unspecified atom stereocenters. The Morgan fingerprint density at radius 2 is 1.59 bits per heavy atom. The highest BCUT2D eigenvalue weighted by Crippen LogP contribution is 2.31. The van der Waals surface area contributed by atoms with Crippen LogP contribution in [0, 0.1) is 0 Å². The van der Waals surface area contributed by atoms with Crippen molar-refractivity contribution < 1.29 is 8.42 Å². The normalized spacial score (nSPS) is 17.9. The molecule has 1 aromatic heterocycles. The van der Waals surface area contributed by atoms with Crippen LogP contribution in [0.5, 0.6) is 0 Å². The summed E-state index contributed by atoms with van der Waals surface area (Å²) in [5, 5.41) is 4.35. The Morgan fingerprint density at radius 1 is 0.828 bits per heavy atom. The number of rotatable bonds is 4. The predicted octanol–water partition coefficient (Wildman–Crippen LogP) is 2.89. The molecule has 29 heavy (non-hydrogen) atoms. The SMILES string of the molecule is O=S(=O)(c1cccc(N2CCCC2)c1)n1ccc2c(N3CCNCC3)cccc21. The van der Waals surface area contributed by atoms with Gasteiger partial charge in [0.05, 0.1) is 10.4 Å². The van der Waals surface area contributed by atoms with Gasteiger partial charge in [0.2, 0.25) is 0 Å². The molecular weight excluding hydrogens is 384 g/mol. The van der Waals surface area contributed by atoms with Crippen molar-refractivity contribution in [1.82, 2.24) is 9.29 Å². The number of aromatic nitrogens is 1. The zero-order chi connectivity index (χ0) is 19.8. The summed E-state index contributed by atoms with van der Waals surface area (Å²) in [6.07, 6.45) is 4.01. The third-order valence-electron chi connectivity index (χ3n) is 5.98. The highest BCUT2D eigenvalue weighted by Gasteiger charge is 2.23. The van der Waals surface area contributed by atoms with Crippen LogP contribution in [-0.2, 0) is 10.0 Å². The van der Waals surface area contributed by atoms with Crippen molar-refractivity contribution in [3.63, 3.8) is 0 Å². The summed E-state index contributed by atoms with van der Waals surface area (Å²) in [5.41, 5.74) is 2.82. The second-order valence-corrected chi connectivity index (χ2v) is 9.57. The summed E-state index contributed by atoms with van der Waals surface area (Å²) in [6, 6.07) is 15.2. The number of anilines is 2. The summed E-state index contributed by atoms with van der Waals surface area (Å²) < 4.78 is 28.4. The molecule has 2 aliphatic heterocycles. The lowest BCUT2D eigenvalue weighted by Gasteiger charge is -2.30. The molecular formula is C22H26N4O2S. The molecule has 0 aliphatic carbocycles. The van der Waals surface area contributed by atoms with Gasteiger partial charge in [-0.25, -0.2) is 12.4 Å². The first kappa shape index (κ1) is 18.5. The van der Waals surface area contributed by atoms with E-state index in [9.17, 15) is 8.42 Å². The van der Waals surface area contributed by atoms with Crippen LogP contribution in [-0.4, -0.2) is 51.7 Å². The van der Waals surface area contributed by atoms with Crippen LogP contribution in [0.25, 0.3) is 10.9 Å². The standard InChI is InChI=1S/C22H26N4O2S/c27-29(28,19-6-3-5-18(17-19)24-12-1-2-13-24)26-14-9-20-21(7-4-8-22(20)26)25-15-10-23-11-16-25/h3-9,14,17,23H,1-2,10-13,15-16H2. The Balaban J connectivity index is 1.56. The maximum Gasteiger partial charge on any atom is 0.268 e. The van der Waals surface area contributed by atoms with Crippen LogP contribution in [0.2, 0.25) is 0 Å². The molecule has 0 radical (unpaired) electrons. The highest BCUT2D eigenvalue weighted by molar-refractivity contribution is 7.90. The van der Waals surface area contributed by atoms with Gasteiger partial charge >= 0.3 is 0 Å². The van der Waals surface area contributed by atoms with Gasteiger partial charge in [-0.3, -0.25) is 0 Å². The molecule has 0 atom stereocenters. The summed E-state index contributed by atoms with van der Waals surface area (Å²) in [7, 11) is -3.66. The van der Waals surface area contributed by atoms with Gasteiger partial charge in [-0.15, -0.1) is 0 Å². The van der Waals surface area contributed by atoms with Gasteiger partial charge in [-0.2, -0.15) is 0 Å². The summed E-state index contributed by atoms with van der Waals surface area (Å²) in [6.45, 7) is 5.72. The van der Waals surface area contributed by atoms with E-state index in [1.165, 1.54) is 3.97 Å². The summed E-state index contributed by atoms with van der Waals surface area (Å²) in [4.78, 5) is 4.92. The number of hydrogen-bond donors (Lipinski definition) is 1. The minimum atomic E-state index is -3.66. The van der Waals surface area contributed by atoms with Crippen LogP contribution in [0.1, 0.15) is 12.8 Å². The number of nitrogens with zero attached hydrogens (tertiary/aromatic N) is 3. The van der Waals surface area contributed by atoms with E-state index in [4.69, 9.17) is 0 Å². The molecule has 2 fully saturated rings. The number of nitrogens with one attached hydrogen (secondary N) is 1. The van der Waals surface area contributed by atoms with Crippen molar-refractivity contribution in [3.8, 4) is 0 Å². The number of hydrogen-bond acceptors (Lipinski definition) is 5. The molecule has 1 N–H and O–H groups in total. The third kappa shape index (κ3) is 3.28. The van der Waals surface area contributed by atoms with Crippen molar-refractivity contribution in [2.75, 3.05) is 49.1 Å². The van der Waals surface area contributed by atoms with Gasteiger partial charge in [0.25, 0.3) is 10.0 Å². The largest absolute Gasteiger partial charge is 0.371 e. The number of piperazine rings is 1. The van der Waals surface area contributed by atoms with Gasteiger partial charge in [-0.05, 0) is 49.2 Å². The fourth-order valence-electron chi connectivity index (χ4n) is 4.45. The van der Waals surface area contributed by atoms with Crippen LogP contribution in [0.15, 0.2) is 59.6 Å². The van der Waals surface area contributed by atoms with Crippen LogP contribution in [0.4, 0.5) is 11.4 Å².